The number of hydrogen-bond acceptors (Lipinski definition) is 8. The van der Waals surface area contributed by atoms with Gasteiger partial charge >= 0.3 is 11.5 Å². The van der Waals surface area contributed by atoms with Crippen molar-refractivity contribution in [3.8, 4) is 56.7 Å². The summed E-state index contributed by atoms with van der Waals surface area (Å²) in [6, 6.07) is 47.5. The number of nitrogens with zero attached hydrogens (tertiary/aromatic N) is 3. The molecule has 1 N–H and O–H groups in total. The largest absolute Gasteiger partial charge is 0.489 e. The molecule has 0 saturated carbocycles. The molecule has 0 aliphatic carbocycles. The third kappa shape index (κ3) is 13.2. The maximum atomic E-state index is 12.3. The highest BCUT2D eigenvalue weighted by Gasteiger charge is 2.14. The molecule has 0 bridgehead atoms. The van der Waals surface area contributed by atoms with E-state index in [9.17, 15) is 9.59 Å². The fraction of sp³-hybridized carbons (Fsp3) is 0.184. The van der Waals surface area contributed by atoms with Crippen molar-refractivity contribution in [2.75, 3.05) is 0 Å². The summed E-state index contributed by atoms with van der Waals surface area (Å²) in [7, 11) is 0. The molecule has 62 heavy (non-hydrogen) atoms. The third-order valence-corrected chi connectivity index (χ3v) is 9.97. The maximum Gasteiger partial charge on any atom is 0.437 e. The van der Waals surface area contributed by atoms with Gasteiger partial charge in [0, 0.05) is 16.5 Å². The zero-order valence-corrected chi connectivity index (χ0v) is 36.9. The molecular weight excluding hydrogens is 891 g/mol. The fourth-order valence-corrected chi connectivity index (χ4v) is 6.69. The predicted octanol–water partition coefficient (Wildman–Crippen LogP) is 13.0. The van der Waals surface area contributed by atoms with Gasteiger partial charge in [0.15, 0.2) is 0 Å². The molecule has 0 spiro atoms. The van der Waals surface area contributed by atoms with E-state index in [0.717, 1.165) is 22.0 Å². The van der Waals surface area contributed by atoms with Gasteiger partial charge in [-0.3, -0.25) is 0 Å². The molecule has 0 atom stereocenters. The van der Waals surface area contributed by atoms with Crippen molar-refractivity contribution in [3.63, 3.8) is 0 Å². The number of benzene rings is 6. The van der Waals surface area contributed by atoms with Crippen LogP contribution in [0.1, 0.15) is 46.2 Å². The van der Waals surface area contributed by atoms with Crippen LogP contribution in [0.25, 0.3) is 45.2 Å². The minimum Gasteiger partial charge on any atom is -0.489 e. The van der Waals surface area contributed by atoms with Gasteiger partial charge in [0.05, 0.1) is 28.8 Å². The minimum atomic E-state index is -0.598. The van der Waals surface area contributed by atoms with Crippen LogP contribution in [-0.2, 0) is 11.9 Å². The van der Waals surface area contributed by atoms with Gasteiger partial charge in [0.1, 0.15) is 11.5 Å². The van der Waals surface area contributed by atoms with E-state index in [1.54, 1.807) is 36.4 Å². The van der Waals surface area contributed by atoms with Gasteiger partial charge in [-0.05, 0) is 97.5 Å². The first-order chi connectivity index (χ1) is 29.4. The van der Waals surface area contributed by atoms with Crippen molar-refractivity contribution in [1.82, 2.24) is 20.0 Å². The normalized spacial score (nSPS) is 10.6. The lowest BCUT2D eigenvalue weighted by Crippen LogP contribution is -2.16. The Labute approximate surface area is 379 Å². The Morgan fingerprint density at radius 3 is 1.45 bits per heavy atom. The van der Waals surface area contributed by atoms with Crippen molar-refractivity contribution >= 4 is 39.1 Å². The second kappa shape index (κ2) is 22.6. The average molecular weight is 939 g/mol. The van der Waals surface area contributed by atoms with Gasteiger partial charge in [-0.15, -0.1) is 10.2 Å². The topological polar surface area (TPSA) is 125 Å². The fourth-order valence-electron chi connectivity index (χ4n) is 5.87. The van der Waals surface area contributed by atoms with Crippen molar-refractivity contribution in [3.05, 3.63) is 188 Å². The summed E-state index contributed by atoms with van der Waals surface area (Å²) in [6.07, 6.45) is 0.0560. The van der Waals surface area contributed by atoms with Gasteiger partial charge < -0.3 is 18.3 Å². The van der Waals surface area contributed by atoms with Crippen molar-refractivity contribution in [2.24, 2.45) is 0 Å². The first kappa shape index (κ1) is 46.9. The molecule has 0 aliphatic rings. The Hall–Kier alpha value is -6.14. The lowest BCUT2D eigenvalue weighted by Gasteiger charge is -2.11. The molecule has 0 amide bonds. The molecule has 2 heterocycles. The van der Waals surface area contributed by atoms with Gasteiger partial charge in [0.2, 0.25) is 11.8 Å². The number of aromatic nitrogens is 4. The zero-order valence-electron chi connectivity index (χ0n) is 33.9. The molecular formula is C49H47BrCl2N4O6. The summed E-state index contributed by atoms with van der Waals surface area (Å²) < 4.78 is 22.6. The van der Waals surface area contributed by atoms with Crippen molar-refractivity contribution in [1.29, 1.82) is 0 Å². The van der Waals surface area contributed by atoms with E-state index in [4.69, 9.17) is 41.5 Å². The molecule has 0 radical (unpaired) electrons. The van der Waals surface area contributed by atoms with Crippen LogP contribution in [-0.4, -0.2) is 32.2 Å². The summed E-state index contributed by atoms with van der Waals surface area (Å²) in [4.78, 5) is 23.1. The van der Waals surface area contributed by atoms with Crippen LogP contribution in [0, 0.1) is 0 Å². The van der Waals surface area contributed by atoms with Crippen LogP contribution >= 0.6 is 39.1 Å². The highest BCUT2D eigenvalue weighted by Crippen LogP contribution is 2.31. The third-order valence-electron chi connectivity index (χ3n) is 8.74. The van der Waals surface area contributed by atoms with Gasteiger partial charge in [0.25, 0.3) is 0 Å². The van der Waals surface area contributed by atoms with Crippen LogP contribution in [0.5, 0.6) is 11.5 Å². The first-order valence-electron chi connectivity index (χ1n) is 19.4. The summed E-state index contributed by atoms with van der Waals surface area (Å²) in [5.74, 6) is 0.472. The summed E-state index contributed by atoms with van der Waals surface area (Å²) >= 11 is 15.8. The number of nitrogens with one attached hydrogen (secondary N) is 1. The van der Waals surface area contributed by atoms with E-state index in [1.165, 1.54) is 21.4 Å². The molecule has 8 rings (SSSR count). The van der Waals surface area contributed by atoms with E-state index in [0.29, 0.717) is 39.2 Å². The van der Waals surface area contributed by atoms with Crippen molar-refractivity contribution in [2.45, 2.75) is 59.2 Å². The second-order valence-electron chi connectivity index (χ2n) is 14.1. The molecule has 0 unspecified atom stereocenters. The quantitative estimate of drug-likeness (QED) is 0.127. The molecule has 0 saturated heterocycles. The van der Waals surface area contributed by atoms with Crippen LogP contribution in [0.3, 0.4) is 0 Å². The van der Waals surface area contributed by atoms with Crippen LogP contribution < -0.4 is 21.0 Å². The Bertz CT molecular complexity index is 2730. The molecule has 13 heteroatoms. The number of ether oxygens (including phenoxy) is 2. The Morgan fingerprint density at radius 2 is 1.03 bits per heavy atom. The van der Waals surface area contributed by atoms with E-state index >= 15 is 0 Å². The number of rotatable bonds is 11. The number of halogens is 3. The molecule has 10 nitrogen and oxygen atoms in total. The lowest BCUT2D eigenvalue weighted by atomic mass is 10.0. The smallest absolute Gasteiger partial charge is 0.437 e. The number of hydrogen-bond donors (Lipinski definition) is 1. The number of alkyl halides is 1. The monoisotopic (exact) mass is 936 g/mol. The molecule has 320 valence electrons. The highest BCUT2D eigenvalue weighted by atomic mass is 79.9. The predicted molar refractivity (Wildman–Crippen MR) is 253 cm³/mol. The molecule has 6 aromatic carbocycles. The van der Waals surface area contributed by atoms with E-state index in [-0.39, 0.29) is 31.4 Å². The molecule has 8 aromatic rings. The van der Waals surface area contributed by atoms with E-state index in [2.05, 4.69) is 91.9 Å². The zero-order chi connectivity index (χ0) is 43.3. The van der Waals surface area contributed by atoms with Crippen LogP contribution in [0.15, 0.2) is 164 Å². The number of aromatic amines is 1. The highest BCUT2D eigenvalue weighted by molar-refractivity contribution is 9.08. The van der Waals surface area contributed by atoms with E-state index in [1.807, 2.05) is 76.2 Å². The SMILES string of the molecule is BrCc1ccc(-c2ccccc2)cc1.C.CC(C)Oc1ccc(-c2n[nH]c(=O)o2)cc1Cl.CC(C)Oc1ccc(-c2nn(Cc3ccc(-c4ccccc4)cc3)c(=O)o2)cc1Cl. The van der Waals surface area contributed by atoms with Crippen molar-refractivity contribution < 1.29 is 18.3 Å². The Kier molecular flexibility index (Phi) is 17.1. The van der Waals surface area contributed by atoms with E-state index < -0.39 is 11.5 Å². The number of H-pyrrole nitrogens is 1. The van der Waals surface area contributed by atoms with Crippen LogP contribution in [0.4, 0.5) is 0 Å². The molecule has 0 fully saturated rings. The van der Waals surface area contributed by atoms with Gasteiger partial charge in [-0.1, -0.05) is 156 Å². The molecule has 0 aliphatic heterocycles. The standard InChI is InChI=1S/C24H21ClN2O3.C13H11Br.C11H11ClN2O3.CH4/c1-16(2)29-22-13-12-20(14-21(22)25)23-26-27(24(28)30-23)15-17-8-10-19(11-9-17)18-6-4-3-5-7-18;14-10-11-6-8-13(9-7-11)12-4-2-1-3-5-12;1-6(2)16-9-4-3-7(5-8(9)12)10-13-14-11(15)17-10;/h3-14,16H,15H2,1-2H3;1-9H,10H2;3-6H,1-2H3,(H,14,15);1H4. The lowest BCUT2D eigenvalue weighted by molar-refractivity contribution is 0.242. The summed E-state index contributed by atoms with van der Waals surface area (Å²) in [5, 5.41) is 12.0. The first-order valence-corrected chi connectivity index (χ1v) is 21.2. The Balaban J connectivity index is 0.000000192. The van der Waals surface area contributed by atoms with Gasteiger partial charge in [-0.2, -0.15) is 4.68 Å². The average Bonchev–Trinajstić information content (AvgIpc) is 3.88. The molecule has 2 aromatic heterocycles. The summed E-state index contributed by atoms with van der Waals surface area (Å²) in [6.45, 7) is 8.00. The maximum absolute atomic E-state index is 12.3. The minimum absolute atomic E-state index is 0. The van der Waals surface area contributed by atoms with Gasteiger partial charge in [-0.25, -0.2) is 14.7 Å². The van der Waals surface area contributed by atoms with Crippen LogP contribution in [0.2, 0.25) is 10.0 Å². The summed E-state index contributed by atoms with van der Waals surface area (Å²) in [5.41, 5.74) is 8.30. The second-order valence-corrected chi connectivity index (χ2v) is 15.5. The Morgan fingerprint density at radius 1 is 0.597 bits per heavy atom.